The zero-order chi connectivity index (χ0) is 15.9. The molecule has 0 bridgehead atoms. The number of anilines is 1. The third kappa shape index (κ3) is 2.16. The Morgan fingerprint density at radius 3 is 2.82 bits per heavy atom. The van der Waals surface area contributed by atoms with E-state index in [1.807, 2.05) is 0 Å². The van der Waals surface area contributed by atoms with Gasteiger partial charge in [-0.2, -0.15) is 0 Å². The van der Waals surface area contributed by atoms with Crippen LogP contribution in [0.1, 0.15) is 27.6 Å². The van der Waals surface area contributed by atoms with Crippen molar-refractivity contribution in [3.63, 3.8) is 0 Å². The maximum absolute atomic E-state index is 12.3. The molecular weight excluding hydrogens is 328 g/mol. The molecule has 1 aromatic carbocycles. The van der Waals surface area contributed by atoms with E-state index in [1.54, 1.807) is 6.92 Å². The lowest BCUT2D eigenvalue weighted by molar-refractivity contribution is 0.0875. The number of hydrogen-bond acceptors (Lipinski definition) is 7. The summed E-state index contributed by atoms with van der Waals surface area (Å²) in [6.45, 7) is 1.62. The third-order valence-electron chi connectivity index (χ3n) is 3.14. The molecule has 0 unspecified atom stereocenters. The summed E-state index contributed by atoms with van der Waals surface area (Å²) in [5.74, 6) is -1.09. The van der Waals surface area contributed by atoms with E-state index >= 15 is 0 Å². The summed E-state index contributed by atoms with van der Waals surface area (Å²) in [7, 11) is -3.89. The van der Waals surface area contributed by atoms with Crippen LogP contribution in [0.15, 0.2) is 28.6 Å². The van der Waals surface area contributed by atoms with Crippen molar-refractivity contribution in [3.05, 3.63) is 34.8 Å². The second-order valence-corrected chi connectivity index (χ2v) is 7.05. The molecule has 0 saturated heterocycles. The molecule has 0 atom stereocenters. The number of nitrogens with zero attached hydrogens (tertiary/aromatic N) is 3. The van der Waals surface area contributed by atoms with Crippen molar-refractivity contribution in [1.29, 1.82) is 0 Å². The number of rotatable bonds is 3. The van der Waals surface area contributed by atoms with Gasteiger partial charge in [0.25, 0.3) is 21.8 Å². The molecule has 1 N–H and O–H groups in total. The highest BCUT2D eigenvalue weighted by atomic mass is 32.2. The van der Waals surface area contributed by atoms with Gasteiger partial charge < -0.3 is 0 Å². The Bertz CT molecular complexity index is 861. The van der Waals surface area contributed by atoms with E-state index in [0.717, 1.165) is 15.6 Å². The molecule has 2 aromatic rings. The largest absolute Gasteiger partial charge is 0.296 e. The molecule has 1 aliphatic rings. The molecule has 2 amide bonds. The number of hydrogen-bond donors (Lipinski definition) is 1. The van der Waals surface area contributed by atoms with E-state index in [-0.39, 0.29) is 22.6 Å². The van der Waals surface area contributed by atoms with Gasteiger partial charge in [0.15, 0.2) is 0 Å². The highest BCUT2D eigenvalue weighted by Gasteiger charge is 2.40. The first kappa shape index (κ1) is 14.6. The molecule has 0 spiro atoms. The number of carbonyl (C=O) groups is 2. The van der Waals surface area contributed by atoms with Gasteiger partial charge in [0.1, 0.15) is 10.4 Å². The van der Waals surface area contributed by atoms with Crippen molar-refractivity contribution >= 4 is 38.3 Å². The summed E-state index contributed by atoms with van der Waals surface area (Å²) in [5, 5.41) is 10.1. The highest BCUT2D eigenvalue weighted by Crippen LogP contribution is 2.30. The van der Waals surface area contributed by atoms with Crippen molar-refractivity contribution < 1.29 is 18.0 Å². The zero-order valence-corrected chi connectivity index (χ0v) is 12.9. The van der Waals surface area contributed by atoms with Crippen molar-refractivity contribution in [2.75, 3.05) is 11.9 Å². The summed E-state index contributed by atoms with van der Waals surface area (Å²) in [5.41, 5.74) is 1.66. The van der Waals surface area contributed by atoms with Gasteiger partial charge in [0, 0.05) is 12.1 Å². The van der Waals surface area contributed by atoms with Crippen LogP contribution in [0.25, 0.3) is 0 Å². The van der Waals surface area contributed by atoms with Crippen molar-refractivity contribution in [3.8, 4) is 0 Å². The lowest BCUT2D eigenvalue weighted by Gasteiger charge is -2.11. The van der Waals surface area contributed by atoms with E-state index in [9.17, 15) is 18.0 Å². The van der Waals surface area contributed by atoms with E-state index < -0.39 is 21.8 Å². The van der Waals surface area contributed by atoms with Crippen LogP contribution in [0.4, 0.5) is 5.13 Å². The van der Waals surface area contributed by atoms with Gasteiger partial charge in [0.05, 0.1) is 5.56 Å². The van der Waals surface area contributed by atoms with E-state index in [4.69, 9.17) is 0 Å². The normalized spacial score (nSPS) is 15.7. The molecular formula is C12H10N4O4S2. The summed E-state index contributed by atoms with van der Waals surface area (Å²) >= 11 is 1.14. The first-order chi connectivity index (χ1) is 10.4. The molecule has 0 fully saturated rings. The predicted octanol–water partition coefficient (Wildman–Crippen LogP) is 0.955. The number of benzene rings is 1. The summed E-state index contributed by atoms with van der Waals surface area (Å²) in [6.07, 6.45) is 0. The fraction of sp³-hybridized carbons (Fsp3) is 0.167. The number of nitrogens with one attached hydrogen (secondary N) is 1. The minimum Gasteiger partial charge on any atom is -0.296 e. The van der Waals surface area contributed by atoms with Crippen LogP contribution >= 0.6 is 11.3 Å². The Morgan fingerprint density at radius 1 is 1.41 bits per heavy atom. The fourth-order valence-corrected chi connectivity index (χ4v) is 4.17. The first-order valence-electron chi connectivity index (χ1n) is 6.23. The lowest BCUT2D eigenvalue weighted by Crippen LogP contribution is -2.29. The summed E-state index contributed by atoms with van der Waals surface area (Å²) in [6, 6.07) is 3.95. The smallest absolute Gasteiger partial charge is 0.268 e. The van der Waals surface area contributed by atoms with Crippen LogP contribution in [0.3, 0.4) is 0 Å². The van der Waals surface area contributed by atoms with Gasteiger partial charge in [-0.05, 0) is 25.1 Å². The number of sulfonamides is 1. The molecule has 22 heavy (non-hydrogen) atoms. The second kappa shape index (κ2) is 5.14. The SMILES string of the molecule is CCN1C(=O)c2ccc(C(=O)Nc3nncs3)cc2S1(=O)=O. The molecule has 114 valence electrons. The Morgan fingerprint density at radius 2 is 2.18 bits per heavy atom. The number of aromatic nitrogens is 2. The monoisotopic (exact) mass is 338 g/mol. The molecule has 2 heterocycles. The lowest BCUT2D eigenvalue weighted by atomic mass is 10.1. The Balaban J connectivity index is 1.99. The molecule has 3 rings (SSSR count). The quantitative estimate of drug-likeness (QED) is 0.892. The molecule has 1 aromatic heterocycles. The summed E-state index contributed by atoms with van der Waals surface area (Å²) in [4.78, 5) is 24.0. The Hall–Kier alpha value is -2.33. The van der Waals surface area contributed by atoms with Gasteiger partial charge in [-0.25, -0.2) is 12.7 Å². The fourth-order valence-electron chi connectivity index (χ4n) is 2.13. The van der Waals surface area contributed by atoms with E-state index in [0.29, 0.717) is 5.13 Å². The molecule has 0 saturated carbocycles. The van der Waals surface area contributed by atoms with Crippen LogP contribution in [0.2, 0.25) is 0 Å². The van der Waals surface area contributed by atoms with Gasteiger partial charge in [0.2, 0.25) is 5.13 Å². The molecule has 8 nitrogen and oxygen atoms in total. The van der Waals surface area contributed by atoms with E-state index in [1.165, 1.54) is 23.7 Å². The van der Waals surface area contributed by atoms with Crippen LogP contribution in [0.5, 0.6) is 0 Å². The Kier molecular flexibility index (Phi) is 3.41. The minimum absolute atomic E-state index is 0.0438. The Labute approximate surface area is 129 Å². The van der Waals surface area contributed by atoms with Gasteiger partial charge in [-0.15, -0.1) is 10.2 Å². The molecule has 0 aliphatic carbocycles. The number of carbonyl (C=O) groups excluding carboxylic acids is 2. The van der Waals surface area contributed by atoms with Crippen LogP contribution in [-0.4, -0.2) is 41.3 Å². The average Bonchev–Trinajstić information content (AvgIpc) is 3.05. The van der Waals surface area contributed by atoms with Gasteiger partial charge in [-0.1, -0.05) is 11.3 Å². The van der Waals surface area contributed by atoms with Gasteiger partial charge >= 0.3 is 0 Å². The molecule has 0 radical (unpaired) electrons. The number of amides is 2. The summed E-state index contributed by atoms with van der Waals surface area (Å²) < 4.78 is 25.3. The van der Waals surface area contributed by atoms with Crippen LogP contribution in [0, 0.1) is 0 Å². The van der Waals surface area contributed by atoms with Crippen molar-refractivity contribution in [1.82, 2.24) is 14.5 Å². The van der Waals surface area contributed by atoms with Crippen LogP contribution < -0.4 is 5.32 Å². The second-order valence-electron chi connectivity index (χ2n) is 4.38. The number of fused-ring (bicyclic) bond motifs is 1. The first-order valence-corrected chi connectivity index (χ1v) is 8.55. The minimum atomic E-state index is -3.89. The van der Waals surface area contributed by atoms with Crippen LogP contribution in [-0.2, 0) is 10.0 Å². The third-order valence-corrected chi connectivity index (χ3v) is 5.64. The predicted molar refractivity (Wildman–Crippen MR) is 78.2 cm³/mol. The highest BCUT2D eigenvalue weighted by molar-refractivity contribution is 7.90. The molecule has 1 aliphatic heterocycles. The van der Waals surface area contributed by atoms with Crippen molar-refractivity contribution in [2.24, 2.45) is 0 Å². The topological polar surface area (TPSA) is 109 Å². The molecule has 10 heteroatoms. The maximum Gasteiger partial charge on any atom is 0.268 e. The maximum atomic E-state index is 12.3. The average molecular weight is 338 g/mol. The van der Waals surface area contributed by atoms with Crippen molar-refractivity contribution in [2.45, 2.75) is 11.8 Å². The standard InChI is InChI=1S/C12H10N4O4S2/c1-2-16-11(18)8-4-3-7(5-9(8)22(16,19)20)10(17)14-12-15-13-6-21-12/h3-6H,2H2,1H3,(H,14,15,17). The zero-order valence-electron chi connectivity index (χ0n) is 11.3. The van der Waals surface area contributed by atoms with E-state index in [2.05, 4.69) is 15.5 Å². The van der Waals surface area contributed by atoms with Gasteiger partial charge in [-0.3, -0.25) is 14.9 Å².